The van der Waals surface area contributed by atoms with E-state index in [4.69, 9.17) is 14.9 Å². The maximum Gasteiger partial charge on any atom is 0.328 e. The van der Waals surface area contributed by atoms with Crippen molar-refractivity contribution in [1.29, 1.82) is 5.41 Å². The molecule has 0 bridgehead atoms. The molecular formula is C15H25N3O5. The number of likely N-dealkylation sites (tertiary alicyclic amines) is 1. The molecule has 1 amide bonds. The number of ether oxygens (including phenoxy) is 2. The number of carbonyl (C=O) groups is 3. The molecule has 1 aliphatic heterocycles. The average Bonchev–Trinajstić information content (AvgIpc) is 2.51. The van der Waals surface area contributed by atoms with E-state index >= 15 is 0 Å². The Kier molecular flexibility index (Phi) is 8.42. The van der Waals surface area contributed by atoms with Crippen molar-refractivity contribution in [3.8, 4) is 0 Å². The first-order chi connectivity index (χ1) is 11.0. The van der Waals surface area contributed by atoms with Crippen molar-refractivity contribution in [2.24, 2.45) is 0 Å². The summed E-state index contributed by atoms with van der Waals surface area (Å²) >= 11 is 0. The molecule has 130 valence electrons. The lowest BCUT2D eigenvalue weighted by molar-refractivity contribution is -0.149. The SMILES string of the molecule is CO[C@@H](C)C(=O)N[C@@H](CCC(=O)C=N)C(=O)OCCN1CCC1. The molecule has 8 heteroatoms. The number of esters is 1. The van der Waals surface area contributed by atoms with Gasteiger partial charge < -0.3 is 20.2 Å². The maximum absolute atomic E-state index is 12.1. The maximum atomic E-state index is 12.1. The van der Waals surface area contributed by atoms with Crippen LogP contribution in [0.5, 0.6) is 0 Å². The normalized spacial score (nSPS) is 16.8. The highest BCUT2D eigenvalue weighted by molar-refractivity contribution is 6.26. The molecule has 1 aliphatic rings. The van der Waals surface area contributed by atoms with Crippen molar-refractivity contribution in [1.82, 2.24) is 10.2 Å². The van der Waals surface area contributed by atoms with Gasteiger partial charge in [-0.3, -0.25) is 14.5 Å². The van der Waals surface area contributed by atoms with Gasteiger partial charge in [0.15, 0.2) is 5.78 Å². The Morgan fingerprint density at radius 2 is 2.04 bits per heavy atom. The van der Waals surface area contributed by atoms with Crippen LogP contribution in [0.15, 0.2) is 0 Å². The molecule has 8 nitrogen and oxygen atoms in total. The molecule has 0 aromatic rings. The van der Waals surface area contributed by atoms with Gasteiger partial charge in [-0.2, -0.15) is 0 Å². The second kappa shape index (κ2) is 10.1. The molecule has 1 heterocycles. The smallest absolute Gasteiger partial charge is 0.328 e. The lowest BCUT2D eigenvalue weighted by atomic mass is 10.1. The van der Waals surface area contributed by atoms with Crippen molar-refractivity contribution in [3.05, 3.63) is 0 Å². The molecule has 0 aromatic heterocycles. The van der Waals surface area contributed by atoms with E-state index in [1.54, 1.807) is 6.92 Å². The van der Waals surface area contributed by atoms with E-state index in [9.17, 15) is 14.4 Å². The van der Waals surface area contributed by atoms with Crippen LogP contribution in [0, 0.1) is 5.41 Å². The number of hydrogen-bond donors (Lipinski definition) is 2. The van der Waals surface area contributed by atoms with E-state index in [0.717, 1.165) is 19.5 Å². The molecule has 1 rings (SSSR count). The van der Waals surface area contributed by atoms with Gasteiger partial charge in [0.25, 0.3) is 0 Å². The molecule has 1 fully saturated rings. The summed E-state index contributed by atoms with van der Waals surface area (Å²) in [4.78, 5) is 37.4. The van der Waals surface area contributed by atoms with Crippen molar-refractivity contribution in [2.45, 2.75) is 38.3 Å². The Labute approximate surface area is 136 Å². The highest BCUT2D eigenvalue weighted by atomic mass is 16.5. The molecule has 0 unspecified atom stereocenters. The summed E-state index contributed by atoms with van der Waals surface area (Å²) < 4.78 is 10.1. The van der Waals surface area contributed by atoms with E-state index in [2.05, 4.69) is 10.2 Å². The number of rotatable bonds is 11. The summed E-state index contributed by atoms with van der Waals surface area (Å²) in [5.41, 5.74) is 0. The molecule has 0 aromatic carbocycles. The quantitative estimate of drug-likeness (QED) is 0.400. The van der Waals surface area contributed by atoms with Gasteiger partial charge in [0.05, 0.1) is 6.21 Å². The van der Waals surface area contributed by atoms with Gasteiger partial charge in [-0.1, -0.05) is 0 Å². The summed E-state index contributed by atoms with van der Waals surface area (Å²) in [6.45, 7) is 4.50. The monoisotopic (exact) mass is 327 g/mol. The first-order valence-electron chi connectivity index (χ1n) is 7.73. The van der Waals surface area contributed by atoms with Crippen LogP contribution in [0.3, 0.4) is 0 Å². The van der Waals surface area contributed by atoms with Gasteiger partial charge >= 0.3 is 5.97 Å². The summed E-state index contributed by atoms with van der Waals surface area (Å²) in [5.74, 6) is -1.42. The van der Waals surface area contributed by atoms with Gasteiger partial charge in [-0.05, 0) is 32.9 Å². The van der Waals surface area contributed by atoms with E-state index in [1.807, 2.05) is 0 Å². The predicted molar refractivity (Wildman–Crippen MR) is 83.4 cm³/mol. The van der Waals surface area contributed by atoms with Crippen molar-refractivity contribution in [3.63, 3.8) is 0 Å². The van der Waals surface area contributed by atoms with E-state index in [-0.39, 0.29) is 19.4 Å². The number of methoxy groups -OCH3 is 1. The van der Waals surface area contributed by atoms with Crippen LogP contribution in [-0.4, -0.2) is 74.3 Å². The molecule has 23 heavy (non-hydrogen) atoms. The standard InChI is InChI=1S/C15H25N3O5/c1-11(22-2)14(20)17-13(5-4-12(19)10-16)15(21)23-9-8-18-6-3-7-18/h10-11,13,16H,3-9H2,1-2H3,(H,17,20)/t11-,13-/m0/s1. The zero-order valence-corrected chi connectivity index (χ0v) is 13.7. The first kappa shape index (κ1) is 19.2. The number of Topliss-reactive ketones (excluding diaryl/α,β-unsaturated/α-hetero) is 1. The molecule has 0 spiro atoms. The Balaban J connectivity index is 2.49. The summed E-state index contributed by atoms with van der Waals surface area (Å²) in [7, 11) is 1.39. The summed E-state index contributed by atoms with van der Waals surface area (Å²) in [6.07, 6.45) is 1.25. The van der Waals surface area contributed by atoms with Crippen molar-refractivity contribution < 1.29 is 23.9 Å². The molecule has 2 N–H and O–H groups in total. The van der Waals surface area contributed by atoms with Gasteiger partial charge in [0.2, 0.25) is 5.91 Å². The molecule has 0 radical (unpaired) electrons. The van der Waals surface area contributed by atoms with Crippen LogP contribution in [0.1, 0.15) is 26.2 Å². The average molecular weight is 327 g/mol. The van der Waals surface area contributed by atoms with Gasteiger partial charge in [-0.15, -0.1) is 0 Å². The topological polar surface area (TPSA) is 109 Å². The third-order valence-electron chi connectivity index (χ3n) is 3.76. The zero-order valence-electron chi connectivity index (χ0n) is 13.7. The second-order valence-corrected chi connectivity index (χ2v) is 5.45. The van der Waals surface area contributed by atoms with Crippen LogP contribution in [0.4, 0.5) is 0 Å². The van der Waals surface area contributed by atoms with Crippen LogP contribution < -0.4 is 5.32 Å². The minimum atomic E-state index is -0.916. The number of amides is 1. The van der Waals surface area contributed by atoms with E-state index in [0.29, 0.717) is 12.8 Å². The zero-order chi connectivity index (χ0) is 17.2. The van der Waals surface area contributed by atoms with Gasteiger partial charge in [0, 0.05) is 20.1 Å². The lowest BCUT2D eigenvalue weighted by Gasteiger charge is -2.30. The fourth-order valence-corrected chi connectivity index (χ4v) is 1.99. The van der Waals surface area contributed by atoms with Crippen molar-refractivity contribution in [2.75, 3.05) is 33.4 Å². The number of hydrogen-bond acceptors (Lipinski definition) is 7. The highest BCUT2D eigenvalue weighted by Crippen LogP contribution is 2.06. The largest absolute Gasteiger partial charge is 0.463 e. The second-order valence-electron chi connectivity index (χ2n) is 5.45. The number of nitrogens with zero attached hydrogens (tertiary/aromatic N) is 1. The minimum Gasteiger partial charge on any atom is -0.463 e. The Morgan fingerprint density at radius 3 is 2.57 bits per heavy atom. The van der Waals surface area contributed by atoms with Crippen LogP contribution >= 0.6 is 0 Å². The molecule has 0 saturated carbocycles. The van der Waals surface area contributed by atoms with Crippen LogP contribution in [0.25, 0.3) is 0 Å². The lowest BCUT2D eigenvalue weighted by Crippen LogP contribution is -2.47. The molecular weight excluding hydrogens is 302 g/mol. The Bertz CT molecular complexity index is 437. The highest BCUT2D eigenvalue weighted by Gasteiger charge is 2.25. The molecule has 2 atom stereocenters. The van der Waals surface area contributed by atoms with E-state index in [1.165, 1.54) is 7.11 Å². The van der Waals surface area contributed by atoms with Crippen LogP contribution in [-0.2, 0) is 23.9 Å². The van der Waals surface area contributed by atoms with Crippen LogP contribution in [0.2, 0.25) is 0 Å². The van der Waals surface area contributed by atoms with Gasteiger partial charge in [0.1, 0.15) is 18.8 Å². The fourth-order valence-electron chi connectivity index (χ4n) is 1.99. The van der Waals surface area contributed by atoms with Gasteiger partial charge in [-0.25, -0.2) is 4.79 Å². The third kappa shape index (κ3) is 6.87. The number of nitrogens with one attached hydrogen (secondary N) is 2. The third-order valence-corrected chi connectivity index (χ3v) is 3.76. The molecule has 0 aliphatic carbocycles. The molecule has 1 saturated heterocycles. The Hall–Kier alpha value is -1.80. The first-order valence-corrected chi connectivity index (χ1v) is 7.73. The fraction of sp³-hybridized carbons (Fsp3) is 0.733. The predicted octanol–water partition coefficient (Wildman–Crippen LogP) is -0.246. The Morgan fingerprint density at radius 1 is 1.35 bits per heavy atom. The van der Waals surface area contributed by atoms with E-state index < -0.39 is 29.8 Å². The number of carbonyl (C=O) groups excluding carboxylic acids is 3. The summed E-state index contributed by atoms with van der Waals surface area (Å²) in [6, 6.07) is -0.916. The number of ketones is 1. The minimum absolute atomic E-state index is 0.00294. The summed E-state index contributed by atoms with van der Waals surface area (Å²) in [5, 5.41) is 9.42. The van der Waals surface area contributed by atoms with Crippen molar-refractivity contribution >= 4 is 23.9 Å².